The second-order valence-corrected chi connectivity index (χ2v) is 2.56. The van der Waals surface area contributed by atoms with E-state index in [0.29, 0.717) is 19.0 Å². The summed E-state index contributed by atoms with van der Waals surface area (Å²) in [5, 5.41) is 8.79. The molecule has 0 rings (SSSR count). The van der Waals surface area contributed by atoms with Crippen molar-refractivity contribution >= 4 is 0 Å². The zero-order chi connectivity index (χ0) is 7.82. The van der Waals surface area contributed by atoms with E-state index in [1.54, 1.807) is 0 Å². The molecule has 0 fully saturated rings. The monoisotopic (exact) mass is 146 g/mol. The molecule has 0 aliphatic rings. The molecule has 0 bridgehead atoms. The van der Waals surface area contributed by atoms with E-state index in [-0.39, 0.29) is 6.61 Å². The number of aliphatic hydroxyl groups excluding tert-OH is 1. The number of hydrogen-bond donors (Lipinski definition) is 3. The summed E-state index contributed by atoms with van der Waals surface area (Å²) in [6.07, 6.45) is 2.91. The van der Waals surface area contributed by atoms with Crippen molar-refractivity contribution in [3.63, 3.8) is 0 Å². The highest BCUT2D eigenvalue weighted by Gasteiger charge is 2.04. The van der Waals surface area contributed by atoms with Gasteiger partial charge in [-0.15, -0.1) is 0 Å². The molecule has 0 radical (unpaired) electrons. The van der Waals surface area contributed by atoms with Gasteiger partial charge >= 0.3 is 0 Å². The van der Waals surface area contributed by atoms with E-state index >= 15 is 0 Å². The predicted octanol–water partition coefficient (Wildman–Crippen LogP) is -0.317. The van der Waals surface area contributed by atoms with Crippen LogP contribution in [0.5, 0.6) is 0 Å². The third kappa shape index (κ3) is 4.73. The lowest BCUT2D eigenvalue weighted by Crippen LogP contribution is -2.14. The Labute approximate surface area is 62.4 Å². The molecule has 0 aliphatic heterocycles. The molecule has 0 heterocycles. The standard InChI is InChI=1S/C7H18N2O/c8-4-1-2-7(6-10)3-5-9/h7,10H,1-6,8-9H2. The minimum absolute atomic E-state index is 0.247. The van der Waals surface area contributed by atoms with Crippen molar-refractivity contribution in [1.82, 2.24) is 0 Å². The zero-order valence-corrected chi connectivity index (χ0v) is 6.42. The Morgan fingerprint density at radius 2 is 1.80 bits per heavy atom. The van der Waals surface area contributed by atoms with E-state index in [4.69, 9.17) is 16.6 Å². The highest BCUT2D eigenvalue weighted by Crippen LogP contribution is 2.07. The van der Waals surface area contributed by atoms with Crippen molar-refractivity contribution in [2.24, 2.45) is 17.4 Å². The smallest absolute Gasteiger partial charge is 0.0459 e. The lowest BCUT2D eigenvalue weighted by atomic mass is 10.0. The topological polar surface area (TPSA) is 72.3 Å². The molecule has 10 heavy (non-hydrogen) atoms. The van der Waals surface area contributed by atoms with Gasteiger partial charge in [-0.25, -0.2) is 0 Å². The van der Waals surface area contributed by atoms with Gasteiger partial charge in [0.2, 0.25) is 0 Å². The fourth-order valence-corrected chi connectivity index (χ4v) is 0.969. The van der Waals surface area contributed by atoms with Gasteiger partial charge in [-0.2, -0.15) is 0 Å². The molecule has 0 aromatic rings. The maximum atomic E-state index is 8.79. The van der Waals surface area contributed by atoms with Crippen LogP contribution in [-0.2, 0) is 0 Å². The fourth-order valence-electron chi connectivity index (χ4n) is 0.969. The summed E-state index contributed by atoms with van der Waals surface area (Å²) in [4.78, 5) is 0. The Morgan fingerprint density at radius 3 is 2.20 bits per heavy atom. The summed E-state index contributed by atoms with van der Waals surface area (Å²) in [7, 11) is 0. The summed E-state index contributed by atoms with van der Waals surface area (Å²) in [6, 6.07) is 0. The number of aliphatic hydroxyl groups is 1. The molecule has 3 heteroatoms. The van der Waals surface area contributed by atoms with Gasteiger partial charge in [-0.05, 0) is 38.3 Å². The summed E-state index contributed by atoms with van der Waals surface area (Å²) in [5.74, 6) is 0.369. The molecule has 0 aromatic carbocycles. The molecule has 1 unspecified atom stereocenters. The first kappa shape index (κ1) is 9.88. The average Bonchev–Trinajstić information content (AvgIpc) is 1.98. The third-order valence-electron chi connectivity index (χ3n) is 1.65. The van der Waals surface area contributed by atoms with Crippen LogP contribution >= 0.6 is 0 Å². The molecule has 0 aliphatic carbocycles. The van der Waals surface area contributed by atoms with Crippen LogP contribution in [0.15, 0.2) is 0 Å². The van der Waals surface area contributed by atoms with E-state index in [9.17, 15) is 0 Å². The van der Waals surface area contributed by atoms with Gasteiger partial charge in [0.15, 0.2) is 0 Å². The van der Waals surface area contributed by atoms with Gasteiger partial charge in [0, 0.05) is 6.61 Å². The van der Waals surface area contributed by atoms with Crippen LogP contribution in [0.2, 0.25) is 0 Å². The van der Waals surface area contributed by atoms with E-state index < -0.39 is 0 Å². The lowest BCUT2D eigenvalue weighted by molar-refractivity contribution is 0.211. The second kappa shape index (κ2) is 6.99. The Kier molecular flexibility index (Phi) is 6.91. The molecule has 5 N–H and O–H groups in total. The zero-order valence-electron chi connectivity index (χ0n) is 6.42. The van der Waals surface area contributed by atoms with E-state index in [1.165, 1.54) is 0 Å². The number of hydrogen-bond acceptors (Lipinski definition) is 3. The number of nitrogens with two attached hydrogens (primary N) is 2. The van der Waals surface area contributed by atoms with E-state index in [2.05, 4.69) is 0 Å². The normalized spacial score (nSPS) is 13.5. The van der Waals surface area contributed by atoms with Gasteiger partial charge in [-0.3, -0.25) is 0 Å². The van der Waals surface area contributed by atoms with Gasteiger partial charge in [-0.1, -0.05) is 0 Å². The van der Waals surface area contributed by atoms with Gasteiger partial charge in [0.1, 0.15) is 0 Å². The highest BCUT2D eigenvalue weighted by atomic mass is 16.3. The Morgan fingerprint density at radius 1 is 1.10 bits per heavy atom. The quantitative estimate of drug-likeness (QED) is 0.481. The van der Waals surface area contributed by atoms with Gasteiger partial charge in [0.05, 0.1) is 0 Å². The van der Waals surface area contributed by atoms with Crippen molar-refractivity contribution in [3.8, 4) is 0 Å². The van der Waals surface area contributed by atoms with Crippen LogP contribution in [0.4, 0.5) is 0 Å². The van der Waals surface area contributed by atoms with Crippen LogP contribution in [0.3, 0.4) is 0 Å². The Hall–Kier alpha value is -0.120. The van der Waals surface area contributed by atoms with Crippen molar-refractivity contribution in [3.05, 3.63) is 0 Å². The Bertz CT molecular complexity index is 68.6. The molecule has 3 nitrogen and oxygen atoms in total. The molecule has 62 valence electrons. The van der Waals surface area contributed by atoms with Crippen molar-refractivity contribution in [2.45, 2.75) is 19.3 Å². The van der Waals surface area contributed by atoms with Crippen molar-refractivity contribution < 1.29 is 5.11 Å². The maximum absolute atomic E-state index is 8.79. The average molecular weight is 146 g/mol. The van der Waals surface area contributed by atoms with Crippen LogP contribution in [0.25, 0.3) is 0 Å². The minimum Gasteiger partial charge on any atom is -0.396 e. The van der Waals surface area contributed by atoms with Gasteiger partial charge in [0.25, 0.3) is 0 Å². The first-order chi connectivity index (χ1) is 4.85. The largest absolute Gasteiger partial charge is 0.396 e. The summed E-state index contributed by atoms with van der Waals surface area (Å²) in [5.41, 5.74) is 10.6. The van der Waals surface area contributed by atoms with Crippen molar-refractivity contribution in [2.75, 3.05) is 19.7 Å². The lowest BCUT2D eigenvalue weighted by Gasteiger charge is -2.10. The summed E-state index contributed by atoms with van der Waals surface area (Å²) < 4.78 is 0. The Balaban J connectivity index is 3.21. The number of rotatable bonds is 6. The molecule has 0 aromatic heterocycles. The molecule has 1 atom stereocenters. The van der Waals surface area contributed by atoms with E-state index in [0.717, 1.165) is 19.3 Å². The molecular formula is C7H18N2O. The van der Waals surface area contributed by atoms with Crippen LogP contribution in [-0.4, -0.2) is 24.8 Å². The summed E-state index contributed by atoms with van der Waals surface area (Å²) in [6.45, 7) is 1.62. The first-order valence-electron chi connectivity index (χ1n) is 3.86. The summed E-state index contributed by atoms with van der Waals surface area (Å²) >= 11 is 0. The second-order valence-electron chi connectivity index (χ2n) is 2.56. The SMILES string of the molecule is NCCCC(CO)CCN. The first-order valence-corrected chi connectivity index (χ1v) is 3.86. The van der Waals surface area contributed by atoms with Crippen molar-refractivity contribution in [1.29, 1.82) is 0 Å². The van der Waals surface area contributed by atoms with Crippen LogP contribution in [0, 0.1) is 5.92 Å². The molecule has 0 saturated heterocycles. The molecule has 0 saturated carbocycles. The molecule has 0 amide bonds. The minimum atomic E-state index is 0.247. The van der Waals surface area contributed by atoms with Gasteiger partial charge < -0.3 is 16.6 Å². The predicted molar refractivity (Wildman–Crippen MR) is 42.5 cm³/mol. The van der Waals surface area contributed by atoms with E-state index in [1.807, 2.05) is 0 Å². The van der Waals surface area contributed by atoms with Crippen LogP contribution in [0.1, 0.15) is 19.3 Å². The fraction of sp³-hybridized carbons (Fsp3) is 1.00. The molecular weight excluding hydrogens is 128 g/mol. The van der Waals surface area contributed by atoms with Crippen LogP contribution < -0.4 is 11.5 Å². The molecule has 0 spiro atoms. The maximum Gasteiger partial charge on any atom is 0.0459 e. The highest BCUT2D eigenvalue weighted by molar-refractivity contribution is 4.58. The third-order valence-corrected chi connectivity index (χ3v) is 1.65.